The molecule has 3 aromatic heterocycles. The number of carbonyl (C=O) groups excluding carboxylic acids is 1. The van der Waals surface area contributed by atoms with Gasteiger partial charge in [-0.05, 0) is 41.5 Å². The SMILES string of the molecule is CC(C)Nc1cc(-n2cnc3cnc(NC[C@@H](F)C(C)(C)O)nc32)nc(C[C@@H](F)C(C)(C)O)c1C(N)=O. The molecule has 13 heteroatoms. The minimum atomic E-state index is -1.73. The van der Waals surface area contributed by atoms with E-state index in [9.17, 15) is 23.8 Å². The van der Waals surface area contributed by atoms with E-state index in [-0.39, 0.29) is 42.0 Å². The van der Waals surface area contributed by atoms with Crippen LogP contribution in [-0.4, -0.2) is 76.8 Å². The molecule has 0 aliphatic carbocycles. The summed E-state index contributed by atoms with van der Waals surface area (Å²) in [6, 6.07) is 1.47. The molecule has 6 N–H and O–H groups in total. The van der Waals surface area contributed by atoms with Gasteiger partial charge in [0.2, 0.25) is 5.95 Å². The predicted molar refractivity (Wildman–Crippen MR) is 136 cm³/mol. The van der Waals surface area contributed by atoms with Crippen molar-refractivity contribution in [3.8, 4) is 5.82 Å². The smallest absolute Gasteiger partial charge is 0.252 e. The Morgan fingerprint density at radius 3 is 2.32 bits per heavy atom. The van der Waals surface area contributed by atoms with Crippen molar-refractivity contribution in [2.24, 2.45) is 5.73 Å². The van der Waals surface area contributed by atoms with Crippen molar-refractivity contribution in [3.05, 3.63) is 29.8 Å². The van der Waals surface area contributed by atoms with Crippen molar-refractivity contribution in [3.63, 3.8) is 0 Å². The van der Waals surface area contributed by atoms with Crippen LogP contribution >= 0.6 is 0 Å². The normalized spacial score (nSPS) is 14.1. The molecule has 0 spiro atoms. The number of nitrogens with two attached hydrogens (primary N) is 1. The summed E-state index contributed by atoms with van der Waals surface area (Å²) in [5, 5.41) is 25.9. The standard InChI is InChI=1S/C24H34F2N8O3/c1-12(2)31-14-8-18(32-13(19(14)20(27)35)7-16(25)23(3,4)36)34-11-30-15-9-28-22(33-21(15)34)29-10-17(26)24(5,6)37/h8-9,11-12,16-17,36-37H,7,10H2,1-6H3,(H2,27,35)(H,31,32)(H,28,29,33)/t16-,17-/m1/s1. The zero-order valence-corrected chi connectivity index (χ0v) is 21.8. The minimum Gasteiger partial charge on any atom is -0.387 e. The summed E-state index contributed by atoms with van der Waals surface area (Å²) < 4.78 is 30.6. The van der Waals surface area contributed by atoms with Crippen LogP contribution in [0.5, 0.6) is 0 Å². The molecule has 3 heterocycles. The molecule has 0 aromatic carbocycles. The van der Waals surface area contributed by atoms with E-state index in [1.54, 1.807) is 6.07 Å². The summed E-state index contributed by atoms with van der Waals surface area (Å²) in [6.07, 6.45) is -0.795. The molecule has 0 fully saturated rings. The summed E-state index contributed by atoms with van der Waals surface area (Å²) in [6.45, 7) is 8.88. The number of pyridine rings is 1. The van der Waals surface area contributed by atoms with Gasteiger partial charge in [0.15, 0.2) is 5.65 Å². The van der Waals surface area contributed by atoms with Gasteiger partial charge in [-0.2, -0.15) is 4.98 Å². The Balaban J connectivity index is 2.11. The van der Waals surface area contributed by atoms with Crippen LogP contribution in [0, 0.1) is 0 Å². The summed E-state index contributed by atoms with van der Waals surface area (Å²) in [7, 11) is 0. The van der Waals surface area contributed by atoms with Crippen LogP contribution in [0.4, 0.5) is 20.4 Å². The van der Waals surface area contributed by atoms with E-state index in [1.165, 1.54) is 44.8 Å². The predicted octanol–water partition coefficient (Wildman–Crippen LogP) is 2.30. The maximum atomic E-state index is 14.9. The maximum Gasteiger partial charge on any atom is 0.252 e. The van der Waals surface area contributed by atoms with E-state index in [4.69, 9.17) is 5.73 Å². The van der Waals surface area contributed by atoms with Crippen molar-refractivity contribution in [1.29, 1.82) is 0 Å². The average molecular weight is 521 g/mol. The number of aromatic nitrogens is 5. The largest absolute Gasteiger partial charge is 0.387 e. The second kappa shape index (κ2) is 10.5. The molecule has 0 bridgehead atoms. The minimum absolute atomic E-state index is 0.0198. The number of hydrogen-bond acceptors (Lipinski definition) is 9. The van der Waals surface area contributed by atoms with Crippen molar-refractivity contribution < 1.29 is 23.8 Å². The van der Waals surface area contributed by atoms with Gasteiger partial charge < -0.3 is 26.6 Å². The highest BCUT2D eigenvalue weighted by Gasteiger charge is 2.30. The van der Waals surface area contributed by atoms with Crippen molar-refractivity contribution in [1.82, 2.24) is 24.5 Å². The molecule has 3 aromatic rings. The van der Waals surface area contributed by atoms with E-state index in [0.29, 0.717) is 16.9 Å². The third kappa shape index (κ3) is 6.66. The first-order valence-electron chi connectivity index (χ1n) is 11.9. The number of hydrogen-bond donors (Lipinski definition) is 5. The molecule has 0 aliphatic heterocycles. The maximum absolute atomic E-state index is 14.9. The Kier molecular flexibility index (Phi) is 7.98. The van der Waals surface area contributed by atoms with Gasteiger partial charge in [0.05, 0.1) is 40.9 Å². The molecule has 0 saturated carbocycles. The molecular formula is C24H34F2N8O3. The van der Waals surface area contributed by atoms with E-state index in [1.807, 2.05) is 13.8 Å². The second-order valence-electron chi connectivity index (χ2n) is 10.4. The molecule has 202 valence electrons. The Morgan fingerprint density at radius 2 is 1.76 bits per heavy atom. The number of alkyl halides is 2. The van der Waals surface area contributed by atoms with Crippen LogP contribution in [0.25, 0.3) is 17.0 Å². The molecule has 0 aliphatic rings. The lowest BCUT2D eigenvalue weighted by atomic mass is 9.96. The monoisotopic (exact) mass is 520 g/mol. The van der Waals surface area contributed by atoms with Gasteiger partial charge in [0, 0.05) is 18.5 Å². The first-order valence-corrected chi connectivity index (χ1v) is 11.9. The molecule has 37 heavy (non-hydrogen) atoms. The van der Waals surface area contributed by atoms with Gasteiger partial charge in [-0.1, -0.05) is 0 Å². The van der Waals surface area contributed by atoms with Crippen LogP contribution in [0.2, 0.25) is 0 Å². The van der Waals surface area contributed by atoms with Crippen LogP contribution in [0.15, 0.2) is 18.6 Å². The molecular weight excluding hydrogens is 486 g/mol. The van der Waals surface area contributed by atoms with Crippen LogP contribution in [-0.2, 0) is 6.42 Å². The molecule has 2 atom stereocenters. The third-order valence-electron chi connectivity index (χ3n) is 5.65. The Labute approximate surface area is 213 Å². The fourth-order valence-corrected chi connectivity index (χ4v) is 3.47. The first kappa shape index (κ1) is 28.1. The van der Waals surface area contributed by atoms with Crippen molar-refractivity contribution >= 4 is 28.7 Å². The topological polar surface area (TPSA) is 164 Å². The van der Waals surface area contributed by atoms with Crippen molar-refractivity contribution in [2.75, 3.05) is 17.2 Å². The quantitative estimate of drug-likeness (QED) is 0.255. The van der Waals surface area contributed by atoms with Gasteiger partial charge in [0.25, 0.3) is 5.91 Å². The van der Waals surface area contributed by atoms with E-state index in [0.717, 1.165) is 0 Å². The molecule has 0 unspecified atom stereocenters. The van der Waals surface area contributed by atoms with Crippen molar-refractivity contribution in [2.45, 2.75) is 77.6 Å². The number of nitrogens with one attached hydrogen (secondary N) is 2. The van der Waals surface area contributed by atoms with Gasteiger partial charge >= 0.3 is 0 Å². The highest BCUT2D eigenvalue weighted by atomic mass is 19.1. The zero-order valence-electron chi connectivity index (χ0n) is 21.8. The molecule has 0 radical (unpaired) electrons. The third-order valence-corrected chi connectivity index (χ3v) is 5.65. The summed E-state index contributed by atoms with van der Waals surface area (Å²) >= 11 is 0. The number of imidazole rings is 1. The Bertz CT molecular complexity index is 1270. The second-order valence-corrected chi connectivity index (χ2v) is 10.4. The lowest BCUT2D eigenvalue weighted by molar-refractivity contribution is -0.00308. The number of anilines is 2. The van der Waals surface area contributed by atoms with Crippen LogP contribution in [0.1, 0.15) is 57.6 Å². The molecule has 3 rings (SSSR count). The number of aliphatic hydroxyl groups is 2. The number of rotatable bonds is 11. The number of amides is 1. The molecule has 1 amide bonds. The number of primary amides is 1. The summed E-state index contributed by atoms with van der Waals surface area (Å²) in [5.74, 6) is -0.434. The average Bonchev–Trinajstić information content (AvgIpc) is 3.18. The van der Waals surface area contributed by atoms with E-state index in [2.05, 4.69) is 30.6 Å². The molecule has 11 nitrogen and oxygen atoms in total. The summed E-state index contributed by atoms with van der Waals surface area (Å²) in [4.78, 5) is 29.7. The fraction of sp³-hybridized carbons (Fsp3) is 0.542. The van der Waals surface area contributed by atoms with Gasteiger partial charge in [-0.25, -0.2) is 23.7 Å². The molecule has 0 saturated heterocycles. The lowest BCUT2D eigenvalue weighted by Crippen LogP contribution is -2.37. The van der Waals surface area contributed by atoms with E-state index >= 15 is 0 Å². The first-order chi connectivity index (χ1) is 17.1. The number of fused-ring (bicyclic) bond motifs is 1. The highest BCUT2D eigenvalue weighted by Crippen LogP contribution is 2.28. The number of halogens is 2. The number of carbonyl (C=O) groups is 1. The van der Waals surface area contributed by atoms with Crippen LogP contribution < -0.4 is 16.4 Å². The van der Waals surface area contributed by atoms with Gasteiger partial charge in [-0.15, -0.1) is 0 Å². The van der Waals surface area contributed by atoms with Gasteiger partial charge in [0.1, 0.15) is 30.0 Å². The fourth-order valence-electron chi connectivity index (χ4n) is 3.47. The summed E-state index contributed by atoms with van der Waals surface area (Å²) in [5.41, 5.74) is 3.56. The lowest BCUT2D eigenvalue weighted by Gasteiger charge is -2.24. The Hall–Kier alpha value is -3.45. The number of nitrogens with zero attached hydrogens (tertiary/aromatic N) is 5. The highest BCUT2D eigenvalue weighted by molar-refractivity contribution is 6.00. The van der Waals surface area contributed by atoms with Crippen LogP contribution in [0.3, 0.4) is 0 Å². The zero-order chi connectivity index (χ0) is 27.7. The van der Waals surface area contributed by atoms with E-state index < -0.39 is 29.5 Å². The Morgan fingerprint density at radius 1 is 1.11 bits per heavy atom. The van der Waals surface area contributed by atoms with Gasteiger partial charge in [-0.3, -0.25) is 9.36 Å².